The smallest absolute Gasteiger partial charge is 0.275 e. The van der Waals surface area contributed by atoms with Crippen LogP contribution in [-0.4, -0.2) is 20.4 Å². The first-order chi connectivity index (χ1) is 13.0. The lowest BCUT2D eigenvalue weighted by atomic mass is 10.2. The molecule has 4 rings (SSSR count). The van der Waals surface area contributed by atoms with Crippen molar-refractivity contribution in [1.29, 1.82) is 0 Å². The average Bonchev–Trinajstić information content (AvgIpc) is 2.99. The molecule has 134 valence electrons. The van der Waals surface area contributed by atoms with E-state index in [1.165, 1.54) is 6.07 Å². The fourth-order valence-electron chi connectivity index (χ4n) is 2.95. The molecular weight excluding hydrogens is 383 g/mol. The number of aryl methyl sites for hydroxylation is 1. The minimum absolute atomic E-state index is 0.0789. The summed E-state index contributed by atoms with van der Waals surface area (Å²) >= 11 is 11.9. The van der Waals surface area contributed by atoms with Crippen molar-refractivity contribution in [2.75, 3.05) is 5.32 Å². The molecule has 4 aromatic rings. The zero-order valence-corrected chi connectivity index (χ0v) is 15.8. The van der Waals surface area contributed by atoms with Crippen LogP contribution in [0.25, 0.3) is 16.7 Å². The number of hydrogen-bond donors (Lipinski definition) is 1. The number of fused-ring (bicyclic) bond motifs is 1. The molecule has 2 aromatic carbocycles. The quantitative estimate of drug-likeness (QED) is 0.478. The van der Waals surface area contributed by atoms with E-state index >= 15 is 0 Å². The Balaban J connectivity index is 1.69. The van der Waals surface area contributed by atoms with Crippen LogP contribution in [0.3, 0.4) is 0 Å². The lowest BCUT2D eigenvalue weighted by molar-refractivity contribution is 0.102. The van der Waals surface area contributed by atoms with E-state index in [1.807, 2.05) is 55.5 Å². The van der Waals surface area contributed by atoms with Gasteiger partial charge in [0, 0.05) is 11.4 Å². The Bertz CT molecular complexity index is 1160. The van der Waals surface area contributed by atoms with Gasteiger partial charge in [-0.15, -0.1) is 0 Å². The van der Waals surface area contributed by atoms with Crippen LogP contribution in [0.2, 0.25) is 10.2 Å². The topological polar surface area (TPSA) is 59.8 Å². The number of nitrogens with one attached hydrogen (secondary N) is 1. The molecule has 7 heteroatoms. The summed E-state index contributed by atoms with van der Waals surface area (Å²) in [5.41, 5.74) is 3.44. The third-order valence-electron chi connectivity index (χ3n) is 4.12. The van der Waals surface area contributed by atoms with Crippen LogP contribution >= 0.6 is 23.2 Å². The maximum Gasteiger partial charge on any atom is 0.275 e. The number of aromatic nitrogens is 3. The van der Waals surface area contributed by atoms with Gasteiger partial charge < -0.3 is 5.32 Å². The number of anilines is 1. The van der Waals surface area contributed by atoms with Crippen molar-refractivity contribution in [3.8, 4) is 5.69 Å². The van der Waals surface area contributed by atoms with Crippen molar-refractivity contribution in [1.82, 2.24) is 14.5 Å². The summed E-state index contributed by atoms with van der Waals surface area (Å²) in [5.74, 6) is 0.431. The SMILES string of the molecule is Cc1nc2cc(NC(=O)c3nc(Cl)ccc3Cl)ccc2n1-c1ccccc1. The van der Waals surface area contributed by atoms with Crippen LogP contribution in [0, 0.1) is 6.92 Å². The molecule has 5 nitrogen and oxygen atoms in total. The minimum Gasteiger partial charge on any atom is -0.321 e. The van der Waals surface area contributed by atoms with Crippen LogP contribution in [0.15, 0.2) is 60.7 Å². The Morgan fingerprint density at radius 3 is 2.56 bits per heavy atom. The number of para-hydroxylation sites is 1. The fourth-order valence-corrected chi connectivity index (χ4v) is 3.29. The van der Waals surface area contributed by atoms with Crippen molar-refractivity contribution in [2.45, 2.75) is 6.92 Å². The molecule has 0 radical (unpaired) electrons. The van der Waals surface area contributed by atoms with Crippen molar-refractivity contribution in [3.63, 3.8) is 0 Å². The molecule has 0 bridgehead atoms. The molecule has 0 saturated heterocycles. The summed E-state index contributed by atoms with van der Waals surface area (Å²) in [4.78, 5) is 21.1. The molecular formula is C20H14Cl2N4O. The first-order valence-corrected chi connectivity index (χ1v) is 8.96. The van der Waals surface area contributed by atoms with Crippen LogP contribution in [0.1, 0.15) is 16.3 Å². The van der Waals surface area contributed by atoms with E-state index in [0.717, 1.165) is 22.5 Å². The molecule has 0 aliphatic rings. The molecule has 2 heterocycles. The van der Waals surface area contributed by atoms with Gasteiger partial charge in [-0.25, -0.2) is 9.97 Å². The van der Waals surface area contributed by atoms with Crippen molar-refractivity contribution >= 4 is 45.8 Å². The fraction of sp³-hybridized carbons (Fsp3) is 0.0500. The highest BCUT2D eigenvalue weighted by molar-refractivity contribution is 6.35. The van der Waals surface area contributed by atoms with Gasteiger partial charge in [0.2, 0.25) is 0 Å². The Hall–Kier alpha value is -2.89. The number of pyridine rings is 1. The Kier molecular flexibility index (Phi) is 4.56. The molecule has 2 aromatic heterocycles. The first kappa shape index (κ1) is 17.5. The van der Waals surface area contributed by atoms with Crippen molar-refractivity contribution in [3.05, 3.63) is 82.4 Å². The highest BCUT2D eigenvalue weighted by atomic mass is 35.5. The molecule has 0 spiro atoms. The number of carbonyl (C=O) groups is 1. The number of carbonyl (C=O) groups excluding carboxylic acids is 1. The number of imidazole rings is 1. The predicted octanol–water partition coefficient (Wildman–Crippen LogP) is 5.29. The second-order valence-corrected chi connectivity index (χ2v) is 6.75. The number of amides is 1. The van der Waals surface area contributed by atoms with E-state index < -0.39 is 5.91 Å². The van der Waals surface area contributed by atoms with E-state index in [2.05, 4.69) is 19.9 Å². The molecule has 0 aliphatic carbocycles. The van der Waals surface area contributed by atoms with Crippen LogP contribution in [-0.2, 0) is 0 Å². The normalized spacial score (nSPS) is 10.9. The number of halogens is 2. The average molecular weight is 397 g/mol. The van der Waals surface area contributed by atoms with Crippen LogP contribution < -0.4 is 5.32 Å². The number of rotatable bonds is 3. The highest BCUT2D eigenvalue weighted by Crippen LogP contribution is 2.25. The van der Waals surface area contributed by atoms with Gasteiger partial charge in [0.1, 0.15) is 16.7 Å². The Morgan fingerprint density at radius 1 is 1.00 bits per heavy atom. The standard InChI is InChI=1S/C20H14Cl2N4O/c1-12-23-16-11-13(24-20(27)19-15(21)8-10-18(22)25-19)7-9-17(16)26(12)14-5-3-2-4-6-14/h2-11H,1H3,(H,24,27). The molecule has 0 fully saturated rings. The summed E-state index contributed by atoms with van der Waals surface area (Å²) in [5, 5.41) is 3.24. The molecule has 27 heavy (non-hydrogen) atoms. The van der Waals surface area contributed by atoms with Gasteiger partial charge in [0.05, 0.1) is 16.1 Å². The lowest BCUT2D eigenvalue weighted by Crippen LogP contribution is -2.14. The largest absolute Gasteiger partial charge is 0.321 e. The van der Waals surface area contributed by atoms with E-state index in [1.54, 1.807) is 6.07 Å². The monoisotopic (exact) mass is 396 g/mol. The Morgan fingerprint density at radius 2 is 1.78 bits per heavy atom. The van der Waals surface area contributed by atoms with E-state index in [-0.39, 0.29) is 15.9 Å². The predicted molar refractivity (Wildman–Crippen MR) is 108 cm³/mol. The molecule has 1 N–H and O–H groups in total. The summed E-state index contributed by atoms with van der Waals surface area (Å²) in [6.45, 7) is 1.95. The van der Waals surface area contributed by atoms with Gasteiger partial charge in [-0.05, 0) is 49.4 Å². The maximum atomic E-state index is 12.5. The van der Waals surface area contributed by atoms with Crippen molar-refractivity contribution in [2.24, 2.45) is 0 Å². The summed E-state index contributed by atoms with van der Waals surface area (Å²) < 4.78 is 2.07. The van der Waals surface area contributed by atoms with Crippen molar-refractivity contribution < 1.29 is 4.79 Å². The number of hydrogen-bond acceptors (Lipinski definition) is 3. The van der Waals surface area contributed by atoms with E-state index in [9.17, 15) is 4.79 Å². The Labute approximate surface area is 165 Å². The van der Waals surface area contributed by atoms with Gasteiger partial charge in [0.25, 0.3) is 5.91 Å². The third kappa shape index (κ3) is 3.39. The summed E-state index contributed by atoms with van der Waals surface area (Å²) in [6.07, 6.45) is 0. The van der Waals surface area contributed by atoms with E-state index in [0.29, 0.717) is 5.69 Å². The van der Waals surface area contributed by atoms with Crippen LogP contribution in [0.5, 0.6) is 0 Å². The first-order valence-electron chi connectivity index (χ1n) is 8.21. The van der Waals surface area contributed by atoms with Crippen LogP contribution in [0.4, 0.5) is 5.69 Å². The van der Waals surface area contributed by atoms with E-state index in [4.69, 9.17) is 23.2 Å². The number of nitrogens with zero attached hydrogens (tertiary/aromatic N) is 3. The molecule has 0 atom stereocenters. The maximum absolute atomic E-state index is 12.5. The second-order valence-electron chi connectivity index (χ2n) is 5.95. The molecule has 0 unspecified atom stereocenters. The minimum atomic E-state index is -0.430. The second kappa shape index (κ2) is 7.02. The van der Waals surface area contributed by atoms with Gasteiger partial charge in [-0.1, -0.05) is 41.4 Å². The molecule has 0 saturated carbocycles. The highest BCUT2D eigenvalue weighted by Gasteiger charge is 2.15. The zero-order chi connectivity index (χ0) is 19.0. The van der Waals surface area contributed by atoms with Gasteiger partial charge >= 0.3 is 0 Å². The van der Waals surface area contributed by atoms with Gasteiger partial charge in [-0.2, -0.15) is 0 Å². The summed E-state index contributed by atoms with van der Waals surface area (Å²) in [7, 11) is 0. The summed E-state index contributed by atoms with van der Waals surface area (Å²) in [6, 6.07) is 18.6. The molecule has 0 aliphatic heterocycles. The molecule has 1 amide bonds. The lowest BCUT2D eigenvalue weighted by Gasteiger charge is -2.08. The zero-order valence-electron chi connectivity index (χ0n) is 14.3. The third-order valence-corrected chi connectivity index (χ3v) is 4.64. The van der Waals surface area contributed by atoms with Gasteiger partial charge in [0.15, 0.2) is 0 Å². The van der Waals surface area contributed by atoms with Gasteiger partial charge in [-0.3, -0.25) is 9.36 Å². The number of benzene rings is 2.